The van der Waals surface area contributed by atoms with Gasteiger partial charge in [0.1, 0.15) is 0 Å². The normalized spacial score (nSPS) is 17.3. The zero-order valence-electron chi connectivity index (χ0n) is 13.0. The number of aromatic nitrogens is 1. The van der Waals surface area contributed by atoms with Crippen LogP contribution in [0.3, 0.4) is 0 Å². The van der Waals surface area contributed by atoms with Crippen molar-refractivity contribution in [2.45, 2.75) is 25.8 Å². The number of amides is 2. The van der Waals surface area contributed by atoms with E-state index in [1.54, 1.807) is 11.3 Å². The molecule has 1 unspecified atom stereocenters. The van der Waals surface area contributed by atoms with Crippen LogP contribution in [0.2, 0.25) is 0 Å². The molecule has 1 aliphatic rings. The summed E-state index contributed by atoms with van der Waals surface area (Å²) in [5, 5.41) is 6.30. The van der Waals surface area contributed by atoms with Gasteiger partial charge in [0.05, 0.1) is 6.04 Å². The van der Waals surface area contributed by atoms with Crippen molar-refractivity contribution < 1.29 is 4.79 Å². The number of fused-ring (bicyclic) bond motifs is 2. The van der Waals surface area contributed by atoms with Crippen LogP contribution < -0.4 is 5.32 Å². The summed E-state index contributed by atoms with van der Waals surface area (Å²) in [4.78, 5) is 19.3. The minimum atomic E-state index is -0.0106. The summed E-state index contributed by atoms with van der Waals surface area (Å²) in [5.74, 6) is 0. The Kier molecular flexibility index (Phi) is 3.58. The second-order valence-corrected chi connectivity index (χ2v) is 6.88. The number of anilines is 1. The van der Waals surface area contributed by atoms with Gasteiger partial charge in [0.15, 0.2) is 0 Å². The van der Waals surface area contributed by atoms with Gasteiger partial charge in [0.25, 0.3) is 0 Å². The van der Waals surface area contributed by atoms with Crippen molar-refractivity contribution in [1.82, 2.24) is 9.88 Å². The van der Waals surface area contributed by atoms with Crippen molar-refractivity contribution in [2.75, 3.05) is 11.9 Å². The van der Waals surface area contributed by atoms with Crippen LogP contribution in [0.5, 0.6) is 0 Å². The van der Waals surface area contributed by atoms with Crippen LogP contribution in [0.4, 0.5) is 10.5 Å². The molecule has 118 valence electrons. The van der Waals surface area contributed by atoms with Gasteiger partial charge in [-0.15, -0.1) is 11.3 Å². The van der Waals surface area contributed by atoms with E-state index in [4.69, 9.17) is 0 Å². The van der Waals surface area contributed by atoms with Crippen molar-refractivity contribution in [2.24, 2.45) is 0 Å². The van der Waals surface area contributed by atoms with Gasteiger partial charge in [-0.2, -0.15) is 0 Å². The molecular formula is C18H19N3OS. The molecule has 0 saturated carbocycles. The Morgan fingerprint density at radius 1 is 1.39 bits per heavy atom. The molecule has 3 aromatic rings. The Morgan fingerprint density at radius 3 is 3.17 bits per heavy atom. The highest BCUT2D eigenvalue weighted by molar-refractivity contribution is 7.10. The summed E-state index contributed by atoms with van der Waals surface area (Å²) in [6.45, 7) is 2.92. The summed E-state index contributed by atoms with van der Waals surface area (Å²) < 4.78 is 0. The fourth-order valence-electron chi connectivity index (χ4n) is 3.41. The number of thiophene rings is 1. The average molecular weight is 325 g/mol. The first-order valence-electron chi connectivity index (χ1n) is 7.97. The Hall–Kier alpha value is -2.27. The lowest BCUT2D eigenvalue weighted by molar-refractivity contribution is 0.181. The molecule has 2 amide bonds. The molecule has 4 nitrogen and oxygen atoms in total. The first-order chi connectivity index (χ1) is 11.3. The second-order valence-electron chi connectivity index (χ2n) is 5.88. The minimum Gasteiger partial charge on any atom is -0.361 e. The lowest BCUT2D eigenvalue weighted by Gasteiger charge is -2.35. The predicted octanol–water partition coefficient (Wildman–Crippen LogP) is 4.77. The molecule has 3 heterocycles. The minimum absolute atomic E-state index is 0.0106. The van der Waals surface area contributed by atoms with Gasteiger partial charge in [-0.3, -0.25) is 0 Å². The monoisotopic (exact) mass is 325 g/mol. The quantitative estimate of drug-likeness (QED) is 0.700. The second kappa shape index (κ2) is 5.74. The molecule has 1 aromatic carbocycles. The van der Waals surface area contributed by atoms with Gasteiger partial charge < -0.3 is 15.2 Å². The number of urea groups is 1. The van der Waals surface area contributed by atoms with Crippen LogP contribution in [0, 0.1) is 0 Å². The summed E-state index contributed by atoms with van der Waals surface area (Å²) in [5.41, 5.74) is 3.24. The topological polar surface area (TPSA) is 48.1 Å². The van der Waals surface area contributed by atoms with E-state index in [1.165, 1.54) is 10.4 Å². The Bertz CT molecular complexity index is 851. The highest BCUT2D eigenvalue weighted by Gasteiger charge is 2.30. The molecular weight excluding hydrogens is 306 g/mol. The maximum absolute atomic E-state index is 12.8. The molecule has 1 aliphatic heterocycles. The maximum atomic E-state index is 12.8. The number of carbonyl (C=O) groups excluding carboxylic acids is 1. The number of nitrogens with zero attached hydrogens (tertiary/aromatic N) is 1. The summed E-state index contributed by atoms with van der Waals surface area (Å²) in [6, 6.07) is 10.3. The van der Waals surface area contributed by atoms with E-state index >= 15 is 0 Å². The van der Waals surface area contributed by atoms with E-state index in [1.807, 2.05) is 35.4 Å². The van der Waals surface area contributed by atoms with E-state index in [-0.39, 0.29) is 12.1 Å². The zero-order chi connectivity index (χ0) is 15.8. The van der Waals surface area contributed by atoms with Crippen LogP contribution in [0.25, 0.3) is 10.9 Å². The standard InChI is InChI=1S/C18H19N3OS/c1-2-16-14-7-10-23-17(14)6-9-21(16)18(22)20-13-3-4-15-12(11-13)5-8-19-15/h3-5,7-8,10-11,16,19H,2,6,9H2,1H3,(H,20,22). The van der Waals surface area contributed by atoms with Crippen molar-refractivity contribution in [3.05, 3.63) is 52.3 Å². The third kappa shape index (κ3) is 2.51. The van der Waals surface area contributed by atoms with E-state index < -0.39 is 0 Å². The first kappa shape index (κ1) is 14.3. The van der Waals surface area contributed by atoms with Crippen LogP contribution >= 0.6 is 11.3 Å². The van der Waals surface area contributed by atoms with E-state index in [0.29, 0.717) is 0 Å². The number of hydrogen-bond donors (Lipinski definition) is 2. The van der Waals surface area contributed by atoms with Gasteiger partial charge in [-0.25, -0.2) is 4.79 Å². The first-order valence-corrected chi connectivity index (χ1v) is 8.85. The smallest absolute Gasteiger partial charge is 0.322 e. The van der Waals surface area contributed by atoms with Gasteiger partial charge >= 0.3 is 6.03 Å². The van der Waals surface area contributed by atoms with Gasteiger partial charge in [-0.1, -0.05) is 6.92 Å². The van der Waals surface area contributed by atoms with Crippen LogP contribution in [0.1, 0.15) is 29.8 Å². The van der Waals surface area contributed by atoms with E-state index in [9.17, 15) is 4.79 Å². The Balaban J connectivity index is 1.56. The highest BCUT2D eigenvalue weighted by Crippen LogP contribution is 2.35. The number of hydrogen-bond acceptors (Lipinski definition) is 2. The van der Waals surface area contributed by atoms with Crippen LogP contribution in [-0.4, -0.2) is 22.5 Å². The van der Waals surface area contributed by atoms with Gasteiger partial charge in [0, 0.05) is 34.2 Å². The van der Waals surface area contributed by atoms with Crippen molar-refractivity contribution in [3.8, 4) is 0 Å². The molecule has 0 spiro atoms. The van der Waals surface area contributed by atoms with Crippen molar-refractivity contribution >= 4 is 34.0 Å². The summed E-state index contributed by atoms with van der Waals surface area (Å²) in [7, 11) is 0. The largest absolute Gasteiger partial charge is 0.361 e. The molecule has 0 bridgehead atoms. The number of carbonyl (C=O) groups is 1. The molecule has 0 fully saturated rings. The maximum Gasteiger partial charge on any atom is 0.322 e. The molecule has 2 N–H and O–H groups in total. The molecule has 0 saturated heterocycles. The van der Waals surface area contributed by atoms with Crippen molar-refractivity contribution in [1.29, 1.82) is 0 Å². The SMILES string of the molecule is CCC1c2ccsc2CCN1C(=O)Nc1ccc2[nH]ccc2c1. The summed E-state index contributed by atoms with van der Waals surface area (Å²) >= 11 is 1.80. The number of aromatic amines is 1. The highest BCUT2D eigenvalue weighted by atomic mass is 32.1. The predicted molar refractivity (Wildman–Crippen MR) is 95.1 cm³/mol. The van der Waals surface area contributed by atoms with Gasteiger partial charge in [-0.05, 0) is 54.1 Å². The van der Waals surface area contributed by atoms with E-state index in [0.717, 1.165) is 36.0 Å². The molecule has 1 atom stereocenters. The third-order valence-electron chi connectivity index (χ3n) is 4.55. The summed E-state index contributed by atoms with van der Waals surface area (Å²) in [6.07, 6.45) is 3.80. The number of benzene rings is 1. The molecule has 23 heavy (non-hydrogen) atoms. The van der Waals surface area contributed by atoms with Gasteiger partial charge in [0.2, 0.25) is 0 Å². The zero-order valence-corrected chi connectivity index (χ0v) is 13.8. The van der Waals surface area contributed by atoms with Crippen molar-refractivity contribution in [3.63, 3.8) is 0 Å². The lowest BCUT2D eigenvalue weighted by atomic mass is 9.98. The molecule has 5 heteroatoms. The molecule has 0 radical (unpaired) electrons. The van der Waals surface area contributed by atoms with Crippen LogP contribution in [0.15, 0.2) is 41.9 Å². The Labute approximate surface area is 139 Å². The third-order valence-corrected chi connectivity index (χ3v) is 5.54. The number of nitrogens with one attached hydrogen (secondary N) is 2. The van der Waals surface area contributed by atoms with E-state index in [2.05, 4.69) is 28.7 Å². The number of rotatable bonds is 2. The Morgan fingerprint density at radius 2 is 2.30 bits per heavy atom. The molecule has 0 aliphatic carbocycles. The average Bonchev–Trinajstić information content (AvgIpc) is 3.21. The molecule has 4 rings (SSSR count). The molecule has 2 aromatic heterocycles. The van der Waals surface area contributed by atoms with Crippen LogP contribution in [-0.2, 0) is 6.42 Å². The lowest BCUT2D eigenvalue weighted by Crippen LogP contribution is -2.41. The number of H-pyrrole nitrogens is 1. The fourth-order valence-corrected chi connectivity index (χ4v) is 4.33. The fraction of sp³-hybridized carbons (Fsp3) is 0.278.